The summed E-state index contributed by atoms with van der Waals surface area (Å²) in [5, 5.41) is 2.07. The third-order valence-corrected chi connectivity index (χ3v) is 5.84. The molecule has 0 N–H and O–H groups in total. The maximum Gasteiger partial charge on any atom is -1.00 e. The van der Waals surface area contributed by atoms with Crippen molar-refractivity contribution in [3.63, 3.8) is 0 Å². The second-order valence-electron chi connectivity index (χ2n) is 3.52. The van der Waals surface area contributed by atoms with Crippen LogP contribution in [-0.4, -0.2) is 0 Å². The normalized spacial score (nSPS) is 18.4. The summed E-state index contributed by atoms with van der Waals surface area (Å²) in [6.45, 7) is 4.28. The van der Waals surface area contributed by atoms with Crippen LogP contribution in [0.4, 0.5) is 0 Å². The second kappa shape index (κ2) is 7.01. The number of hydrogen-bond acceptors (Lipinski definition) is 2. The monoisotopic (exact) mass is 351 g/mol. The maximum absolute atomic E-state index is 11.3. The number of hydrogen-bond donors (Lipinski definition) is 0. The minimum Gasteiger partial charge on any atom is -1.00 e. The summed E-state index contributed by atoms with van der Waals surface area (Å²) >= 11 is 0.188. The topological polar surface area (TPSA) is 17.1 Å². The molecule has 1 unspecified atom stereocenters. The third-order valence-electron chi connectivity index (χ3n) is 2.67. The van der Waals surface area contributed by atoms with E-state index >= 15 is 0 Å². The summed E-state index contributed by atoms with van der Waals surface area (Å²) in [7, 11) is 0. The van der Waals surface area contributed by atoms with Gasteiger partial charge in [0, 0.05) is 0 Å². The SMILES string of the molecule is CC1=CC(c2cccs2)=[C]([Zr+2]=[O])C1C.[Cl-].[Cl-]. The summed E-state index contributed by atoms with van der Waals surface area (Å²) in [5.41, 5.74) is 2.59. The average molecular weight is 353 g/mol. The van der Waals surface area contributed by atoms with Crippen LogP contribution in [0.1, 0.15) is 18.7 Å². The van der Waals surface area contributed by atoms with E-state index in [1.807, 2.05) is 6.07 Å². The fourth-order valence-electron chi connectivity index (χ4n) is 1.67. The summed E-state index contributed by atoms with van der Waals surface area (Å²) in [6.07, 6.45) is 2.20. The predicted octanol–water partition coefficient (Wildman–Crippen LogP) is -2.51. The fourth-order valence-corrected chi connectivity index (χ4v) is 4.42. The van der Waals surface area contributed by atoms with Gasteiger partial charge in [-0.05, 0) is 0 Å². The molecule has 1 aromatic heterocycles. The summed E-state index contributed by atoms with van der Waals surface area (Å²) in [6, 6.07) is 4.16. The molecule has 1 atom stereocenters. The van der Waals surface area contributed by atoms with E-state index in [0.29, 0.717) is 5.92 Å². The van der Waals surface area contributed by atoms with E-state index in [0.717, 1.165) is 0 Å². The fraction of sp³-hybridized carbons (Fsp3) is 0.273. The Kier molecular flexibility index (Phi) is 7.20. The molecule has 85 valence electrons. The second-order valence-corrected chi connectivity index (χ2v) is 6.29. The quantitative estimate of drug-likeness (QED) is 0.574. The molecule has 0 fully saturated rings. The van der Waals surface area contributed by atoms with Crippen LogP contribution in [0, 0.1) is 5.92 Å². The van der Waals surface area contributed by atoms with Crippen molar-refractivity contribution in [2.75, 3.05) is 0 Å². The number of thiophene rings is 1. The Morgan fingerprint density at radius 2 is 2.06 bits per heavy atom. The van der Waals surface area contributed by atoms with Gasteiger partial charge in [0.15, 0.2) is 0 Å². The third kappa shape index (κ3) is 3.01. The van der Waals surface area contributed by atoms with E-state index in [1.54, 1.807) is 11.3 Å². The zero-order chi connectivity index (χ0) is 10.1. The summed E-state index contributed by atoms with van der Waals surface area (Å²) in [5.74, 6) is 0.413. The maximum atomic E-state index is 11.3. The van der Waals surface area contributed by atoms with Crippen LogP contribution in [0.2, 0.25) is 0 Å². The van der Waals surface area contributed by atoms with E-state index in [9.17, 15) is 2.81 Å². The number of halogens is 2. The minimum atomic E-state index is -1.54. The van der Waals surface area contributed by atoms with Gasteiger partial charge in [-0.2, -0.15) is 0 Å². The first-order valence-corrected chi connectivity index (χ1v) is 7.69. The largest absolute Gasteiger partial charge is 1.00 e. The van der Waals surface area contributed by atoms with Gasteiger partial charge in [0.25, 0.3) is 0 Å². The zero-order valence-electron chi connectivity index (χ0n) is 8.96. The van der Waals surface area contributed by atoms with Gasteiger partial charge in [0.05, 0.1) is 0 Å². The molecular formula is C11H11Cl2OSZr. The van der Waals surface area contributed by atoms with Crippen molar-refractivity contribution < 1.29 is 50.9 Å². The van der Waals surface area contributed by atoms with E-state index < -0.39 is 23.2 Å². The van der Waals surface area contributed by atoms with Gasteiger partial charge in [-0.15, -0.1) is 0 Å². The Balaban J connectivity index is 0.00000112. The molecule has 0 amide bonds. The van der Waals surface area contributed by atoms with Crippen LogP contribution in [-0.2, 0) is 26.1 Å². The van der Waals surface area contributed by atoms with Crippen molar-refractivity contribution in [3.8, 4) is 0 Å². The van der Waals surface area contributed by atoms with Gasteiger partial charge < -0.3 is 24.8 Å². The van der Waals surface area contributed by atoms with Crippen LogP contribution >= 0.6 is 11.3 Å². The molecule has 0 radical (unpaired) electrons. The van der Waals surface area contributed by atoms with E-state index in [-0.39, 0.29) is 24.8 Å². The molecule has 2 rings (SSSR count). The minimum absolute atomic E-state index is 0. The van der Waals surface area contributed by atoms with E-state index in [4.69, 9.17) is 0 Å². The molecule has 0 aliphatic heterocycles. The molecule has 0 saturated heterocycles. The Labute approximate surface area is 124 Å². The van der Waals surface area contributed by atoms with Gasteiger partial charge in [-0.25, -0.2) is 0 Å². The first-order valence-electron chi connectivity index (χ1n) is 4.58. The Morgan fingerprint density at radius 1 is 1.38 bits per heavy atom. The zero-order valence-corrected chi connectivity index (χ0v) is 13.7. The molecule has 0 saturated carbocycles. The van der Waals surface area contributed by atoms with Crippen molar-refractivity contribution in [2.24, 2.45) is 5.92 Å². The van der Waals surface area contributed by atoms with Gasteiger partial charge in [0.2, 0.25) is 0 Å². The van der Waals surface area contributed by atoms with Gasteiger partial charge >= 0.3 is 100 Å². The first-order chi connectivity index (χ1) is 6.74. The predicted molar refractivity (Wildman–Crippen MR) is 54.8 cm³/mol. The molecule has 5 heteroatoms. The molecule has 0 bridgehead atoms. The Bertz CT molecular complexity index is 423. The van der Waals surface area contributed by atoms with Crippen molar-refractivity contribution in [1.29, 1.82) is 0 Å². The average Bonchev–Trinajstić information content (AvgIpc) is 2.76. The van der Waals surface area contributed by atoms with Crippen LogP contribution in [0.25, 0.3) is 5.57 Å². The molecular weight excluding hydrogens is 342 g/mol. The Morgan fingerprint density at radius 3 is 2.56 bits per heavy atom. The van der Waals surface area contributed by atoms with E-state index in [1.165, 1.54) is 19.3 Å². The van der Waals surface area contributed by atoms with Crippen LogP contribution < -0.4 is 24.8 Å². The standard InChI is InChI=1S/C11H11S.2ClH.O.Zr/c1-8-6-10(7-9(8)2)11-4-3-5-12-11;;;;/h3-6,9H,1-2H3;2*1H;;/q;;;;+2/p-2. The van der Waals surface area contributed by atoms with Crippen molar-refractivity contribution in [2.45, 2.75) is 13.8 Å². The van der Waals surface area contributed by atoms with Crippen molar-refractivity contribution in [1.82, 2.24) is 0 Å². The van der Waals surface area contributed by atoms with Crippen LogP contribution in [0.5, 0.6) is 0 Å². The summed E-state index contributed by atoms with van der Waals surface area (Å²) < 4.78 is 12.5. The van der Waals surface area contributed by atoms with Crippen molar-refractivity contribution in [3.05, 3.63) is 37.3 Å². The van der Waals surface area contributed by atoms with Gasteiger partial charge in [-0.1, -0.05) is 0 Å². The van der Waals surface area contributed by atoms with Crippen LogP contribution in [0.15, 0.2) is 32.4 Å². The Hall–Kier alpha value is 0.443. The molecule has 1 nitrogen and oxygen atoms in total. The van der Waals surface area contributed by atoms with Crippen LogP contribution in [0.3, 0.4) is 0 Å². The molecule has 0 aromatic carbocycles. The number of allylic oxidation sites excluding steroid dienone is 4. The summed E-state index contributed by atoms with van der Waals surface area (Å²) in [4.78, 5) is 1.26. The molecule has 16 heavy (non-hydrogen) atoms. The smallest absolute Gasteiger partial charge is 1.00 e. The molecule has 1 aromatic rings. The molecule has 1 heterocycles. The van der Waals surface area contributed by atoms with Gasteiger partial charge in [-0.3, -0.25) is 0 Å². The molecule has 1 aliphatic carbocycles. The first kappa shape index (κ1) is 16.4. The van der Waals surface area contributed by atoms with Crippen molar-refractivity contribution >= 4 is 16.9 Å². The molecule has 0 spiro atoms. The van der Waals surface area contributed by atoms with Gasteiger partial charge in [0.1, 0.15) is 0 Å². The number of rotatable bonds is 2. The van der Waals surface area contributed by atoms with E-state index in [2.05, 4.69) is 31.4 Å². The molecule has 1 aliphatic rings.